The lowest BCUT2D eigenvalue weighted by molar-refractivity contribution is 0.208. The van der Waals surface area contributed by atoms with Crippen LogP contribution in [0.5, 0.6) is 0 Å². The number of halogens is 1. The molecule has 2 heterocycles. The molecule has 1 unspecified atom stereocenters. The fourth-order valence-electron chi connectivity index (χ4n) is 2.47. The minimum Gasteiger partial charge on any atom is -0.396 e. The van der Waals surface area contributed by atoms with Gasteiger partial charge in [-0.2, -0.15) is 0 Å². The molecule has 22 heavy (non-hydrogen) atoms. The third-order valence-corrected chi connectivity index (χ3v) is 3.92. The summed E-state index contributed by atoms with van der Waals surface area (Å²) < 4.78 is 5.23. The van der Waals surface area contributed by atoms with E-state index in [9.17, 15) is 4.79 Å². The van der Waals surface area contributed by atoms with E-state index in [-0.39, 0.29) is 18.6 Å². The highest BCUT2D eigenvalue weighted by Gasteiger charge is 2.26. The molecule has 0 spiro atoms. The summed E-state index contributed by atoms with van der Waals surface area (Å²) in [6, 6.07) is 8.63. The molecular formula is C15H16ClN3O3. The van der Waals surface area contributed by atoms with Crippen LogP contribution in [0.2, 0.25) is 5.02 Å². The molecule has 0 bridgehead atoms. The van der Waals surface area contributed by atoms with E-state index in [1.807, 2.05) is 12.1 Å². The molecule has 0 saturated carbocycles. The molecule has 7 heteroatoms. The van der Waals surface area contributed by atoms with Gasteiger partial charge in [0.1, 0.15) is 0 Å². The largest absolute Gasteiger partial charge is 0.396 e. The first-order chi connectivity index (χ1) is 10.7. The number of carbonyl (C=O) groups excluding carboxylic acids is 1. The highest BCUT2D eigenvalue weighted by atomic mass is 35.5. The van der Waals surface area contributed by atoms with Gasteiger partial charge in [-0.05, 0) is 18.6 Å². The number of urea groups is 1. The summed E-state index contributed by atoms with van der Waals surface area (Å²) in [7, 11) is 0. The van der Waals surface area contributed by atoms with Crippen LogP contribution in [-0.4, -0.2) is 40.9 Å². The molecular weight excluding hydrogens is 306 g/mol. The summed E-state index contributed by atoms with van der Waals surface area (Å²) >= 11 is 5.94. The Hall–Kier alpha value is -2.05. The summed E-state index contributed by atoms with van der Waals surface area (Å²) in [6.45, 7) is 1.30. The minimum absolute atomic E-state index is 0.104. The third kappa shape index (κ3) is 3.23. The van der Waals surface area contributed by atoms with E-state index in [0.717, 1.165) is 12.0 Å². The summed E-state index contributed by atoms with van der Waals surface area (Å²) in [6.07, 6.45) is 0.816. The normalized spacial score (nSPS) is 17.7. The summed E-state index contributed by atoms with van der Waals surface area (Å²) in [5.74, 6) is 1.05. The van der Waals surface area contributed by atoms with Gasteiger partial charge >= 0.3 is 6.03 Å². The first-order valence-corrected chi connectivity index (χ1v) is 7.43. The smallest absolute Gasteiger partial charge is 0.323 e. The minimum atomic E-state index is -0.234. The van der Waals surface area contributed by atoms with Gasteiger partial charge in [0.15, 0.2) is 11.6 Å². The second kappa shape index (κ2) is 6.37. The van der Waals surface area contributed by atoms with Gasteiger partial charge in [0, 0.05) is 42.3 Å². The average Bonchev–Trinajstić information content (AvgIpc) is 3.16. The number of likely N-dealkylation sites (tertiary alicyclic amines) is 1. The molecule has 1 atom stereocenters. The molecule has 0 radical (unpaired) electrons. The SMILES string of the molecule is O=C(Nc1cc(-c2cccc(Cl)c2)on1)N1CCC(CO)C1. The molecule has 116 valence electrons. The van der Waals surface area contributed by atoms with Crippen molar-refractivity contribution in [1.29, 1.82) is 0 Å². The van der Waals surface area contributed by atoms with Crippen LogP contribution in [0.15, 0.2) is 34.9 Å². The number of carbonyl (C=O) groups is 1. The van der Waals surface area contributed by atoms with Gasteiger partial charge in [-0.3, -0.25) is 5.32 Å². The van der Waals surface area contributed by atoms with E-state index < -0.39 is 0 Å². The van der Waals surface area contributed by atoms with Crippen LogP contribution in [-0.2, 0) is 0 Å². The topological polar surface area (TPSA) is 78.6 Å². The van der Waals surface area contributed by atoms with Gasteiger partial charge in [0.05, 0.1) is 0 Å². The van der Waals surface area contributed by atoms with Crippen molar-refractivity contribution in [2.75, 3.05) is 25.0 Å². The summed E-state index contributed by atoms with van der Waals surface area (Å²) in [5, 5.41) is 16.3. The first-order valence-electron chi connectivity index (χ1n) is 7.05. The second-order valence-corrected chi connectivity index (χ2v) is 5.74. The van der Waals surface area contributed by atoms with Crippen LogP contribution in [0, 0.1) is 5.92 Å². The van der Waals surface area contributed by atoms with E-state index in [2.05, 4.69) is 10.5 Å². The zero-order valence-electron chi connectivity index (χ0n) is 11.8. The van der Waals surface area contributed by atoms with Gasteiger partial charge in [0.2, 0.25) is 0 Å². The molecule has 3 rings (SSSR count). The Morgan fingerprint density at radius 1 is 1.50 bits per heavy atom. The quantitative estimate of drug-likeness (QED) is 0.911. The lowest BCUT2D eigenvalue weighted by Crippen LogP contribution is -2.33. The fraction of sp³-hybridized carbons (Fsp3) is 0.333. The maximum atomic E-state index is 12.1. The maximum Gasteiger partial charge on any atom is 0.323 e. The summed E-state index contributed by atoms with van der Waals surface area (Å²) in [5.41, 5.74) is 0.794. The molecule has 1 aliphatic rings. The molecule has 6 nitrogen and oxygen atoms in total. The zero-order chi connectivity index (χ0) is 15.5. The highest BCUT2D eigenvalue weighted by Crippen LogP contribution is 2.25. The van der Waals surface area contributed by atoms with E-state index in [1.165, 1.54) is 0 Å². The van der Waals surface area contributed by atoms with E-state index >= 15 is 0 Å². The maximum absolute atomic E-state index is 12.1. The molecule has 1 aromatic carbocycles. The van der Waals surface area contributed by atoms with Gasteiger partial charge in [-0.1, -0.05) is 28.9 Å². The Morgan fingerprint density at radius 3 is 3.09 bits per heavy atom. The second-order valence-electron chi connectivity index (χ2n) is 5.30. The number of benzene rings is 1. The fourth-order valence-corrected chi connectivity index (χ4v) is 2.66. The van der Waals surface area contributed by atoms with Crippen LogP contribution in [0.1, 0.15) is 6.42 Å². The zero-order valence-corrected chi connectivity index (χ0v) is 12.6. The van der Waals surface area contributed by atoms with Crippen molar-refractivity contribution in [3.8, 4) is 11.3 Å². The number of rotatable bonds is 3. The van der Waals surface area contributed by atoms with Crippen LogP contribution in [0.25, 0.3) is 11.3 Å². The Kier molecular flexibility index (Phi) is 4.31. The average molecular weight is 322 g/mol. The molecule has 1 aromatic heterocycles. The first kappa shape index (κ1) is 14.9. The standard InChI is InChI=1S/C15H16ClN3O3/c16-12-3-1-2-11(6-12)13-7-14(18-22-13)17-15(21)19-5-4-10(8-19)9-20/h1-3,6-7,10,20H,4-5,8-9H2,(H,17,18,21). The van der Waals surface area contributed by atoms with Crippen molar-refractivity contribution in [2.24, 2.45) is 5.92 Å². The van der Waals surface area contributed by atoms with Crippen molar-refractivity contribution < 1.29 is 14.4 Å². The number of hydrogen-bond donors (Lipinski definition) is 2. The molecule has 1 fully saturated rings. The van der Waals surface area contributed by atoms with Gasteiger partial charge < -0.3 is 14.5 Å². The van der Waals surface area contributed by atoms with Gasteiger partial charge in [-0.25, -0.2) is 4.79 Å². The van der Waals surface area contributed by atoms with E-state index in [1.54, 1.807) is 23.1 Å². The van der Waals surface area contributed by atoms with Crippen LogP contribution >= 0.6 is 11.6 Å². The molecule has 2 amide bonds. The lowest BCUT2D eigenvalue weighted by Gasteiger charge is -2.15. The Morgan fingerprint density at radius 2 is 2.36 bits per heavy atom. The predicted molar refractivity (Wildman–Crippen MR) is 82.7 cm³/mol. The van der Waals surface area contributed by atoms with Crippen molar-refractivity contribution in [2.45, 2.75) is 6.42 Å². The Balaban J connectivity index is 1.66. The number of amides is 2. The number of aliphatic hydroxyl groups is 1. The molecule has 1 saturated heterocycles. The Bertz CT molecular complexity index is 674. The number of hydrogen-bond acceptors (Lipinski definition) is 4. The lowest BCUT2D eigenvalue weighted by atomic mass is 10.1. The third-order valence-electron chi connectivity index (χ3n) is 3.69. The number of aliphatic hydroxyl groups excluding tert-OH is 1. The number of nitrogens with zero attached hydrogens (tertiary/aromatic N) is 2. The molecule has 0 aliphatic carbocycles. The molecule has 1 aliphatic heterocycles. The molecule has 2 N–H and O–H groups in total. The van der Waals surface area contributed by atoms with E-state index in [0.29, 0.717) is 29.7 Å². The van der Waals surface area contributed by atoms with E-state index in [4.69, 9.17) is 21.2 Å². The van der Waals surface area contributed by atoms with Crippen molar-refractivity contribution in [3.05, 3.63) is 35.4 Å². The monoisotopic (exact) mass is 321 g/mol. The number of aromatic nitrogens is 1. The van der Waals surface area contributed by atoms with Gasteiger partial charge in [-0.15, -0.1) is 0 Å². The predicted octanol–water partition coefficient (Wildman–Crippen LogP) is 2.84. The van der Waals surface area contributed by atoms with Crippen LogP contribution in [0.4, 0.5) is 10.6 Å². The number of anilines is 1. The van der Waals surface area contributed by atoms with Crippen LogP contribution < -0.4 is 5.32 Å². The van der Waals surface area contributed by atoms with Crippen molar-refractivity contribution in [3.63, 3.8) is 0 Å². The molecule has 2 aromatic rings. The Labute approximate surface area is 132 Å². The number of nitrogens with one attached hydrogen (secondary N) is 1. The summed E-state index contributed by atoms with van der Waals surface area (Å²) in [4.78, 5) is 13.8. The van der Waals surface area contributed by atoms with Crippen molar-refractivity contribution >= 4 is 23.4 Å². The van der Waals surface area contributed by atoms with Crippen LogP contribution in [0.3, 0.4) is 0 Å². The highest BCUT2D eigenvalue weighted by molar-refractivity contribution is 6.30. The van der Waals surface area contributed by atoms with Gasteiger partial charge in [0.25, 0.3) is 0 Å². The van der Waals surface area contributed by atoms with Crippen molar-refractivity contribution in [1.82, 2.24) is 10.1 Å².